The zero-order chi connectivity index (χ0) is 18.0. The molecule has 0 saturated carbocycles. The molecule has 130 valence electrons. The van der Waals surface area contributed by atoms with Gasteiger partial charge in [0, 0.05) is 13.2 Å². The molecule has 0 aliphatic carbocycles. The lowest BCUT2D eigenvalue weighted by Gasteiger charge is -2.07. The van der Waals surface area contributed by atoms with Crippen LogP contribution in [0.4, 0.5) is 0 Å². The molecule has 1 aromatic carbocycles. The summed E-state index contributed by atoms with van der Waals surface area (Å²) in [6.45, 7) is 3.97. The van der Waals surface area contributed by atoms with E-state index in [1.807, 2.05) is 51.2 Å². The molecule has 3 aromatic rings. The molecule has 0 aliphatic heterocycles. The standard InChI is InChI=1S/C18H20N4O2S/c1-13-7-8-16(10-14(13)2)25(23,24)20-12-15-11-18(22(3)21-15)17-6-4-5-9-19-17/h4-11,20H,12H2,1-3H3. The average molecular weight is 356 g/mol. The van der Waals surface area contributed by atoms with Crippen LogP contribution in [0.25, 0.3) is 11.4 Å². The maximum absolute atomic E-state index is 12.5. The van der Waals surface area contributed by atoms with Gasteiger partial charge < -0.3 is 0 Å². The first-order valence-electron chi connectivity index (χ1n) is 7.88. The van der Waals surface area contributed by atoms with E-state index in [9.17, 15) is 8.42 Å². The Balaban J connectivity index is 1.78. The highest BCUT2D eigenvalue weighted by Crippen LogP contribution is 2.18. The van der Waals surface area contributed by atoms with Gasteiger partial charge in [-0.15, -0.1) is 0 Å². The summed E-state index contributed by atoms with van der Waals surface area (Å²) >= 11 is 0. The molecule has 0 fully saturated rings. The summed E-state index contributed by atoms with van der Waals surface area (Å²) in [4.78, 5) is 4.56. The Morgan fingerprint density at radius 2 is 1.88 bits per heavy atom. The van der Waals surface area contributed by atoms with E-state index in [0.717, 1.165) is 22.5 Å². The molecule has 1 N–H and O–H groups in total. The van der Waals surface area contributed by atoms with Gasteiger partial charge >= 0.3 is 0 Å². The summed E-state index contributed by atoms with van der Waals surface area (Å²) in [5, 5.41) is 4.37. The van der Waals surface area contributed by atoms with Crippen molar-refractivity contribution in [1.29, 1.82) is 0 Å². The molecular formula is C18H20N4O2S. The molecule has 7 heteroatoms. The number of hydrogen-bond acceptors (Lipinski definition) is 4. The average Bonchev–Trinajstić information content (AvgIpc) is 2.97. The summed E-state index contributed by atoms with van der Waals surface area (Å²) in [5.41, 5.74) is 4.26. The van der Waals surface area contributed by atoms with E-state index < -0.39 is 10.0 Å². The Bertz CT molecular complexity index is 995. The second-order valence-corrected chi connectivity index (χ2v) is 7.70. The zero-order valence-corrected chi connectivity index (χ0v) is 15.2. The topological polar surface area (TPSA) is 76.9 Å². The SMILES string of the molecule is Cc1ccc(S(=O)(=O)NCc2cc(-c3ccccn3)n(C)n2)cc1C. The van der Waals surface area contributed by atoms with E-state index in [0.29, 0.717) is 5.69 Å². The molecule has 0 amide bonds. The van der Waals surface area contributed by atoms with Crippen LogP contribution in [-0.2, 0) is 23.6 Å². The van der Waals surface area contributed by atoms with Gasteiger partial charge in [-0.05, 0) is 55.3 Å². The molecule has 0 spiro atoms. The third-order valence-corrected chi connectivity index (χ3v) is 5.49. The summed E-state index contributed by atoms with van der Waals surface area (Å²) in [6, 6.07) is 12.6. The third-order valence-electron chi connectivity index (χ3n) is 4.09. The molecule has 3 rings (SSSR count). The van der Waals surface area contributed by atoms with Crippen molar-refractivity contribution < 1.29 is 8.42 Å². The van der Waals surface area contributed by atoms with Gasteiger partial charge in [-0.2, -0.15) is 5.10 Å². The number of benzene rings is 1. The number of aryl methyl sites for hydroxylation is 3. The van der Waals surface area contributed by atoms with Gasteiger partial charge in [-0.3, -0.25) is 9.67 Å². The summed E-state index contributed by atoms with van der Waals surface area (Å²) < 4.78 is 29.2. The first-order valence-corrected chi connectivity index (χ1v) is 9.36. The van der Waals surface area contributed by atoms with E-state index in [4.69, 9.17) is 0 Å². The molecule has 25 heavy (non-hydrogen) atoms. The number of pyridine rings is 1. The van der Waals surface area contributed by atoms with Gasteiger partial charge in [0.25, 0.3) is 0 Å². The first-order chi connectivity index (χ1) is 11.9. The van der Waals surface area contributed by atoms with Crippen molar-refractivity contribution in [3.63, 3.8) is 0 Å². The summed E-state index contributed by atoms with van der Waals surface area (Å²) in [5.74, 6) is 0. The summed E-state index contributed by atoms with van der Waals surface area (Å²) in [7, 11) is -1.77. The van der Waals surface area contributed by atoms with Gasteiger partial charge in [-0.25, -0.2) is 13.1 Å². The van der Waals surface area contributed by atoms with Crippen molar-refractivity contribution in [3.05, 3.63) is 65.5 Å². The molecular weight excluding hydrogens is 336 g/mol. The molecule has 2 aromatic heterocycles. The Morgan fingerprint density at radius 1 is 1.08 bits per heavy atom. The largest absolute Gasteiger partial charge is 0.266 e. The lowest BCUT2D eigenvalue weighted by Crippen LogP contribution is -2.23. The minimum absolute atomic E-state index is 0.121. The Labute approximate surface area is 147 Å². The fourth-order valence-corrected chi connectivity index (χ4v) is 3.58. The van der Waals surface area contributed by atoms with Crippen LogP contribution in [0, 0.1) is 13.8 Å². The van der Waals surface area contributed by atoms with Crippen molar-refractivity contribution in [3.8, 4) is 11.4 Å². The van der Waals surface area contributed by atoms with Gasteiger partial charge in [-0.1, -0.05) is 12.1 Å². The quantitative estimate of drug-likeness (QED) is 0.762. The molecule has 0 aliphatic rings. The highest BCUT2D eigenvalue weighted by molar-refractivity contribution is 7.89. The van der Waals surface area contributed by atoms with Crippen LogP contribution >= 0.6 is 0 Å². The van der Waals surface area contributed by atoms with Gasteiger partial charge in [0.2, 0.25) is 10.0 Å². The lowest BCUT2D eigenvalue weighted by molar-refractivity contribution is 0.579. The third kappa shape index (κ3) is 3.78. The molecule has 0 unspecified atom stereocenters. The van der Waals surface area contributed by atoms with Crippen molar-refractivity contribution in [1.82, 2.24) is 19.5 Å². The normalized spacial score (nSPS) is 11.6. The lowest BCUT2D eigenvalue weighted by atomic mass is 10.1. The highest BCUT2D eigenvalue weighted by Gasteiger charge is 2.16. The van der Waals surface area contributed by atoms with Crippen molar-refractivity contribution >= 4 is 10.0 Å². The molecule has 2 heterocycles. The van der Waals surface area contributed by atoms with Crippen LogP contribution in [-0.4, -0.2) is 23.2 Å². The number of aromatic nitrogens is 3. The number of sulfonamides is 1. The van der Waals surface area contributed by atoms with E-state index in [-0.39, 0.29) is 11.4 Å². The fourth-order valence-electron chi connectivity index (χ4n) is 2.50. The maximum Gasteiger partial charge on any atom is 0.240 e. The minimum Gasteiger partial charge on any atom is -0.266 e. The fraction of sp³-hybridized carbons (Fsp3) is 0.222. The molecule has 6 nitrogen and oxygen atoms in total. The Morgan fingerprint density at radius 3 is 2.56 bits per heavy atom. The van der Waals surface area contributed by atoms with E-state index in [1.54, 1.807) is 23.0 Å². The van der Waals surface area contributed by atoms with E-state index in [1.165, 1.54) is 0 Å². The maximum atomic E-state index is 12.5. The smallest absolute Gasteiger partial charge is 0.240 e. The van der Waals surface area contributed by atoms with E-state index >= 15 is 0 Å². The van der Waals surface area contributed by atoms with Gasteiger partial charge in [0.15, 0.2) is 0 Å². The van der Waals surface area contributed by atoms with Gasteiger partial charge in [0.05, 0.1) is 28.5 Å². The predicted molar refractivity (Wildman–Crippen MR) is 96.4 cm³/mol. The number of nitrogens with zero attached hydrogens (tertiary/aromatic N) is 3. The Kier molecular flexibility index (Phi) is 4.69. The van der Waals surface area contributed by atoms with Crippen LogP contribution in [0.2, 0.25) is 0 Å². The number of rotatable bonds is 5. The molecule has 0 radical (unpaired) electrons. The predicted octanol–water partition coefficient (Wildman–Crippen LogP) is 2.58. The second-order valence-electron chi connectivity index (χ2n) is 5.93. The van der Waals surface area contributed by atoms with Crippen LogP contribution in [0.3, 0.4) is 0 Å². The number of nitrogens with one attached hydrogen (secondary N) is 1. The van der Waals surface area contributed by atoms with Crippen molar-refractivity contribution in [2.24, 2.45) is 7.05 Å². The Hall–Kier alpha value is -2.51. The summed E-state index contributed by atoms with van der Waals surface area (Å²) in [6.07, 6.45) is 1.71. The van der Waals surface area contributed by atoms with Crippen molar-refractivity contribution in [2.45, 2.75) is 25.3 Å². The zero-order valence-electron chi connectivity index (χ0n) is 14.4. The monoisotopic (exact) mass is 356 g/mol. The van der Waals surface area contributed by atoms with Crippen LogP contribution < -0.4 is 4.72 Å². The van der Waals surface area contributed by atoms with E-state index in [2.05, 4.69) is 14.8 Å². The van der Waals surface area contributed by atoms with Gasteiger partial charge in [0.1, 0.15) is 0 Å². The molecule has 0 saturated heterocycles. The highest BCUT2D eigenvalue weighted by atomic mass is 32.2. The molecule has 0 atom stereocenters. The number of hydrogen-bond donors (Lipinski definition) is 1. The molecule has 0 bridgehead atoms. The minimum atomic E-state index is -3.58. The van der Waals surface area contributed by atoms with Crippen LogP contribution in [0.1, 0.15) is 16.8 Å². The first kappa shape index (κ1) is 17.3. The van der Waals surface area contributed by atoms with Crippen LogP contribution in [0.5, 0.6) is 0 Å². The van der Waals surface area contributed by atoms with Crippen molar-refractivity contribution in [2.75, 3.05) is 0 Å². The van der Waals surface area contributed by atoms with Crippen LogP contribution in [0.15, 0.2) is 53.6 Å². The second kappa shape index (κ2) is 6.78.